The van der Waals surface area contributed by atoms with Gasteiger partial charge in [0.25, 0.3) is 0 Å². The summed E-state index contributed by atoms with van der Waals surface area (Å²) in [5.41, 5.74) is 4.61. The number of aryl methyl sites for hydroxylation is 1. The Kier molecular flexibility index (Phi) is 5.70. The number of nitrogens with zero attached hydrogens (tertiary/aromatic N) is 2. The number of hydrogen-bond acceptors (Lipinski definition) is 4. The number of anilines is 2. The molecule has 27 heavy (non-hydrogen) atoms. The van der Waals surface area contributed by atoms with Gasteiger partial charge in [0.2, 0.25) is 5.91 Å². The van der Waals surface area contributed by atoms with Crippen LogP contribution in [0.2, 0.25) is 0 Å². The summed E-state index contributed by atoms with van der Waals surface area (Å²) in [5, 5.41) is 3.38. The molecule has 0 radical (unpaired) electrons. The van der Waals surface area contributed by atoms with Crippen molar-refractivity contribution >= 4 is 17.3 Å². The van der Waals surface area contributed by atoms with Gasteiger partial charge >= 0.3 is 0 Å². The zero-order valence-electron chi connectivity index (χ0n) is 15.7. The molecule has 0 saturated carbocycles. The number of fused-ring (bicyclic) bond motifs is 1. The van der Waals surface area contributed by atoms with Crippen molar-refractivity contribution in [2.24, 2.45) is 0 Å². The average Bonchev–Trinajstić information content (AvgIpc) is 2.73. The lowest BCUT2D eigenvalue weighted by molar-refractivity contribution is -0.117. The maximum atomic E-state index is 12.9. The minimum absolute atomic E-state index is 0.128. The number of ether oxygens (including phenoxy) is 1. The van der Waals surface area contributed by atoms with Crippen LogP contribution in [-0.4, -0.2) is 50.2 Å². The van der Waals surface area contributed by atoms with Crippen LogP contribution in [0, 0.1) is 0 Å². The standard InChI is InChI=1S/C22H27N3O2/c26-22(25-11-5-8-18-6-2-4-10-21(18)25)16-23-20-9-3-1-7-19(20)17-24-12-14-27-15-13-24/h1-4,6-7,9-10,23H,5,8,11-17H2. The van der Waals surface area contributed by atoms with E-state index in [0.29, 0.717) is 6.54 Å². The van der Waals surface area contributed by atoms with Gasteiger partial charge < -0.3 is 15.0 Å². The molecular formula is C22H27N3O2. The Labute approximate surface area is 160 Å². The number of benzene rings is 2. The van der Waals surface area contributed by atoms with Gasteiger partial charge in [-0.15, -0.1) is 0 Å². The van der Waals surface area contributed by atoms with E-state index in [0.717, 1.165) is 63.6 Å². The second-order valence-corrected chi connectivity index (χ2v) is 7.18. The molecule has 1 fully saturated rings. The Bertz CT molecular complexity index is 787. The third-order valence-electron chi connectivity index (χ3n) is 5.36. The minimum Gasteiger partial charge on any atom is -0.379 e. The lowest BCUT2D eigenvalue weighted by Crippen LogP contribution is -2.39. The van der Waals surface area contributed by atoms with Gasteiger partial charge in [-0.25, -0.2) is 0 Å². The molecule has 2 aromatic carbocycles. The van der Waals surface area contributed by atoms with E-state index in [1.165, 1.54) is 11.1 Å². The molecule has 142 valence electrons. The van der Waals surface area contributed by atoms with Crippen LogP contribution >= 0.6 is 0 Å². The van der Waals surface area contributed by atoms with Crippen LogP contribution in [0.25, 0.3) is 0 Å². The molecule has 2 aromatic rings. The van der Waals surface area contributed by atoms with Crippen molar-refractivity contribution in [2.45, 2.75) is 19.4 Å². The van der Waals surface area contributed by atoms with Crippen LogP contribution in [-0.2, 0) is 22.5 Å². The molecule has 2 aliphatic rings. The highest BCUT2D eigenvalue weighted by Gasteiger charge is 2.22. The quantitative estimate of drug-likeness (QED) is 0.885. The van der Waals surface area contributed by atoms with Crippen LogP contribution < -0.4 is 10.2 Å². The first-order valence-corrected chi connectivity index (χ1v) is 9.81. The molecule has 2 aliphatic heterocycles. The molecule has 0 aromatic heterocycles. The smallest absolute Gasteiger partial charge is 0.246 e. The molecule has 2 heterocycles. The summed E-state index contributed by atoms with van der Waals surface area (Å²) < 4.78 is 5.44. The van der Waals surface area contributed by atoms with Gasteiger partial charge in [-0.1, -0.05) is 36.4 Å². The molecule has 0 atom stereocenters. The third kappa shape index (κ3) is 4.31. The molecule has 1 saturated heterocycles. The number of para-hydroxylation sites is 2. The van der Waals surface area contributed by atoms with Crippen LogP contribution in [0.3, 0.4) is 0 Å². The number of carbonyl (C=O) groups is 1. The van der Waals surface area contributed by atoms with Gasteiger partial charge in [0.1, 0.15) is 0 Å². The largest absolute Gasteiger partial charge is 0.379 e. The molecule has 0 aliphatic carbocycles. The Morgan fingerprint density at radius 3 is 2.67 bits per heavy atom. The van der Waals surface area contributed by atoms with Crippen LogP contribution in [0.15, 0.2) is 48.5 Å². The highest BCUT2D eigenvalue weighted by Crippen LogP contribution is 2.27. The molecule has 5 nitrogen and oxygen atoms in total. The van der Waals surface area contributed by atoms with Crippen molar-refractivity contribution in [1.29, 1.82) is 0 Å². The number of rotatable bonds is 5. The van der Waals surface area contributed by atoms with Crippen LogP contribution in [0.5, 0.6) is 0 Å². The number of carbonyl (C=O) groups excluding carboxylic acids is 1. The summed E-state index contributed by atoms with van der Waals surface area (Å²) in [4.78, 5) is 17.2. The molecule has 1 N–H and O–H groups in total. The highest BCUT2D eigenvalue weighted by molar-refractivity contribution is 5.97. The number of hydrogen-bond donors (Lipinski definition) is 1. The second kappa shape index (κ2) is 8.55. The fraction of sp³-hybridized carbons (Fsp3) is 0.409. The van der Waals surface area contributed by atoms with Gasteiger partial charge in [-0.05, 0) is 36.1 Å². The van der Waals surface area contributed by atoms with E-state index >= 15 is 0 Å². The van der Waals surface area contributed by atoms with Crippen LogP contribution in [0.1, 0.15) is 17.5 Å². The average molecular weight is 365 g/mol. The Morgan fingerprint density at radius 1 is 1.00 bits per heavy atom. The molecule has 0 spiro atoms. The predicted molar refractivity (Wildman–Crippen MR) is 108 cm³/mol. The zero-order chi connectivity index (χ0) is 18.5. The van der Waals surface area contributed by atoms with E-state index < -0.39 is 0 Å². The second-order valence-electron chi connectivity index (χ2n) is 7.18. The summed E-state index contributed by atoms with van der Waals surface area (Å²) >= 11 is 0. The van der Waals surface area contributed by atoms with E-state index in [1.54, 1.807) is 0 Å². The Morgan fingerprint density at radius 2 is 1.78 bits per heavy atom. The maximum absolute atomic E-state index is 12.9. The first kappa shape index (κ1) is 18.0. The lowest BCUT2D eigenvalue weighted by atomic mass is 10.0. The van der Waals surface area contributed by atoms with Crippen molar-refractivity contribution in [3.63, 3.8) is 0 Å². The molecule has 1 amide bonds. The Hall–Kier alpha value is -2.37. The molecule has 4 rings (SSSR count). The van der Waals surface area contributed by atoms with Crippen molar-refractivity contribution < 1.29 is 9.53 Å². The van der Waals surface area contributed by atoms with E-state index in [2.05, 4.69) is 40.5 Å². The molecular weight excluding hydrogens is 338 g/mol. The lowest BCUT2D eigenvalue weighted by Gasteiger charge is -2.30. The minimum atomic E-state index is 0.128. The van der Waals surface area contributed by atoms with Gasteiger partial charge in [0.15, 0.2) is 0 Å². The fourth-order valence-corrected chi connectivity index (χ4v) is 3.89. The van der Waals surface area contributed by atoms with Gasteiger partial charge in [-0.3, -0.25) is 9.69 Å². The van der Waals surface area contributed by atoms with Crippen LogP contribution in [0.4, 0.5) is 11.4 Å². The summed E-state index contributed by atoms with van der Waals surface area (Å²) in [7, 11) is 0. The fourth-order valence-electron chi connectivity index (χ4n) is 3.89. The molecule has 0 bridgehead atoms. The Balaban J connectivity index is 1.41. The summed E-state index contributed by atoms with van der Waals surface area (Å²) in [6.07, 6.45) is 2.08. The number of nitrogens with one attached hydrogen (secondary N) is 1. The topological polar surface area (TPSA) is 44.8 Å². The maximum Gasteiger partial charge on any atom is 0.246 e. The van der Waals surface area contributed by atoms with Crippen molar-refractivity contribution in [3.8, 4) is 0 Å². The van der Waals surface area contributed by atoms with Gasteiger partial charge in [-0.2, -0.15) is 0 Å². The highest BCUT2D eigenvalue weighted by atomic mass is 16.5. The van der Waals surface area contributed by atoms with E-state index in [4.69, 9.17) is 4.74 Å². The summed E-state index contributed by atoms with van der Waals surface area (Å²) in [6, 6.07) is 16.5. The van der Waals surface area contributed by atoms with Crippen molar-refractivity contribution in [1.82, 2.24) is 4.90 Å². The van der Waals surface area contributed by atoms with Gasteiger partial charge in [0.05, 0.1) is 19.8 Å². The summed E-state index contributed by atoms with van der Waals surface area (Å²) in [5.74, 6) is 0.128. The van der Waals surface area contributed by atoms with Crippen molar-refractivity contribution in [3.05, 3.63) is 59.7 Å². The van der Waals surface area contributed by atoms with E-state index in [-0.39, 0.29) is 5.91 Å². The normalized spacial score (nSPS) is 17.4. The molecule has 0 unspecified atom stereocenters. The zero-order valence-corrected chi connectivity index (χ0v) is 15.7. The van der Waals surface area contributed by atoms with Crippen molar-refractivity contribution in [2.75, 3.05) is 49.6 Å². The number of morpholine rings is 1. The summed E-state index contributed by atoms with van der Waals surface area (Å²) in [6.45, 7) is 5.50. The van der Waals surface area contributed by atoms with E-state index in [1.807, 2.05) is 23.1 Å². The predicted octanol–water partition coefficient (Wildman–Crippen LogP) is 2.91. The van der Waals surface area contributed by atoms with Gasteiger partial charge in [0, 0.05) is 37.6 Å². The van der Waals surface area contributed by atoms with E-state index in [9.17, 15) is 4.79 Å². The molecule has 5 heteroatoms. The number of amides is 1. The first-order valence-electron chi connectivity index (χ1n) is 9.81. The first-order chi connectivity index (χ1) is 13.3. The third-order valence-corrected chi connectivity index (χ3v) is 5.36. The monoisotopic (exact) mass is 365 g/mol. The SMILES string of the molecule is O=C(CNc1ccccc1CN1CCOCC1)N1CCCc2ccccc21.